The summed E-state index contributed by atoms with van der Waals surface area (Å²) < 4.78 is 0. The predicted octanol–water partition coefficient (Wildman–Crippen LogP) is 4.61. The van der Waals surface area contributed by atoms with E-state index in [4.69, 9.17) is 5.73 Å². The second-order valence-corrected chi connectivity index (χ2v) is 5.55. The molecule has 0 spiro atoms. The Labute approximate surface area is 116 Å². The van der Waals surface area contributed by atoms with Crippen molar-refractivity contribution in [1.29, 1.82) is 0 Å². The minimum Gasteiger partial charge on any atom is -0.324 e. The molecule has 0 aliphatic heterocycles. The lowest BCUT2D eigenvalue weighted by atomic mass is 9.89. The summed E-state index contributed by atoms with van der Waals surface area (Å²) in [5, 5.41) is 0. The third kappa shape index (κ3) is 2.57. The maximum absolute atomic E-state index is 6.00. The van der Waals surface area contributed by atoms with Crippen molar-refractivity contribution >= 4 is 0 Å². The molecule has 2 rings (SSSR count). The van der Waals surface area contributed by atoms with Gasteiger partial charge in [-0.1, -0.05) is 24.3 Å². The summed E-state index contributed by atoms with van der Waals surface area (Å²) in [7, 11) is 0. The maximum Gasteiger partial charge on any atom is 0.0266 e. The zero-order valence-electron chi connectivity index (χ0n) is 12.5. The second-order valence-electron chi connectivity index (χ2n) is 5.55. The van der Waals surface area contributed by atoms with E-state index in [2.05, 4.69) is 58.0 Å². The molecule has 2 aromatic carbocycles. The molecule has 1 unspecified atom stereocenters. The molecule has 0 radical (unpaired) electrons. The fraction of sp³-hybridized carbons (Fsp3) is 0.333. The summed E-state index contributed by atoms with van der Waals surface area (Å²) in [5.41, 5.74) is 15.3. The fourth-order valence-electron chi connectivity index (χ4n) is 2.63. The average Bonchev–Trinajstić information content (AvgIpc) is 2.37. The predicted molar refractivity (Wildman–Crippen MR) is 83.4 cm³/mol. The smallest absolute Gasteiger partial charge is 0.0266 e. The highest BCUT2D eigenvalue weighted by atomic mass is 14.6. The molecule has 1 atom stereocenters. The van der Waals surface area contributed by atoms with Crippen LogP contribution >= 0.6 is 0 Å². The molecular weight excluding hydrogens is 230 g/mol. The van der Waals surface area contributed by atoms with Gasteiger partial charge in [0.15, 0.2) is 0 Å². The molecule has 1 nitrogen and oxygen atoms in total. The van der Waals surface area contributed by atoms with Crippen LogP contribution in [0.5, 0.6) is 0 Å². The first-order chi connectivity index (χ1) is 8.91. The number of aryl methyl sites for hydroxylation is 2. The van der Waals surface area contributed by atoms with Gasteiger partial charge in [0.1, 0.15) is 0 Å². The summed E-state index contributed by atoms with van der Waals surface area (Å²) >= 11 is 0. The normalized spacial score (nSPS) is 12.5. The Morgan fingerprint density at radius 1 is 0.895 bits per heavy atom. The molecule has 0 aromatic heterocycles. The van der Waals surface area contributed by atoms with E-state index < -0.39 is 0 Å². The van der Waals surface area contributed by atoms with E-state index in [9.17, 15) is 0 Å². The molecule has 100 valence electrons. The lowest BCUT2D eigenvalue weighted by molar-refractivity contribution is 0.818. The maximum atomic E-state index is 6.00. The van der Waals surface area contributed by atoms with Crippen molar-refractivity contribution in [2.75, 3.05) is 0 Å². The van der Waals surface area contributed by atoms with Crippen molar-refractivity contribution in [3.63, 3.8) is 0 Å². The molecule has 0 aliphatic rings. The van der Waals surface area contributed by atoms with Crippen molar-refractivity contribution in [3.05, 3.63) is 58.1 Å². The zero-order valence-corrected chi connectivity index (χ0v) is 12.5. The molecule has 0 saturated heterocycles. The first-order valence-corrected chi connectivity index (χ1v) is 6.85. The molecule has 0 saturated carbocycles. The Morgan fingerprint density at radius 3 is 2.00 bits per heavy atom. The quantitative estimate of drug-likeness (QED) is 0.831. The summed E-state index contributed by atoms with van der Waals surface area (Å²) in [4.78, 5) is 0. The van der Waals surface area contributed by atoms with Gasteiger partial charge in [-0.05, 0) is 79.6 Å². The number of hydrogen-bond acceptors (Lipinski definition) is 1. The largest absolute Gasteiger partial charge is 0.324 e. The molecule has 0 heterocycles. The van der Waals surface area contributed by atoms with Gasteiger partial charge in [0.05, 0.1) is 0 Å². The standard InChI is InChI=1S/C18H23N/c1-11-9-12(2)14(4)18(13(11)3)17-8-6-7-16(10-17)15(5)19/h6-10,15H,19H2,1-5H3. The van der Waals surface area contributed by atoms with E-state index in [1.54, 1.807) is 0 Å². The lowest BCUT2D eigenvalue weighted by Crippen LogP contribution is -2.05. The highest BCUT2D eigenvalue weighted by Crippen LogP contribution is 2.32. The summed E-state index contributed by atoms with van der Waals surface area (Å²) in [6.45, 7) is 10.8. The SMILES string of the molecule is Cc1cc(C)c(C)c(-c2cccc(C(C)N)c2)c1C. The number of rotatable bonds is 2. The Bertz CT molecular complexity index is 583. The van der Waals surface area contributed by atoms with Gasteiger partial charge in [-0.25, -0.2) is 0 Å². The Hall–Kier alpha value is -1.60. The summed E-state index contributed by atoms with van der Waals surface area (Å²) in [6, 6.07) is 10.9. The van der Waals surface area contributed by atoms with Gasteiger partial charge in [0.2, 0.25) is 0 Å². The van der Waals surface area contributed by atoms with Crippen molar-refractivity contribution in [3.8, 4) is 11.1 Å². The van der Waals surface area contributed by atoms with Crippen molar-refractivity contribution in [2.24, 2.45) is 5.73 Å². The molecule has 19 heavy (non-hydrogen) atoms. The molecule has 0 fully saturated rings. The van der Waals surface area contributed by atoms with Gasteiger partial charge in [-0.3, -0.25) is 0 Å². The highest BCUT2D eigenvalue weighted by Gasteiger charge is 2.11. The first-order valence-electron chi connectivity index (χ1n) is 6.85. The number of hydrogen-bond donors (Lipinski definition) is 1. The van der Waals surface area contributed by atoms with Gasteiger partial charge >= 0.3 is 0 Å². The van der Waals surface area contributed by atoms with E-state index >= 15 is 0 Å². The minimum absolute atomic E-state index is 0.0754. The Morgan fingerprint density at radius 2 is 1.47 bits per heavy atom. The molecular formula is C18H23N. The van der Waals surface area contributed by atoms with Crippen molar-refractivity contribution in [2.45, 2.75) is 40.7 Å². The van der Waals surface area contributed by atoms with E-state index in [-0.39, 0.29) is 6.04 Å². The summed E-state index contributed by atoms with van der Waals surface area (Å²) in [6.07, 6.45) is 0. The van der Waals surface area contributed by atoms with Crippen LogP contribution in [0, 0.1) is 27.7 Å². The van der Waals surface area contributed by atoms with Crippen LogP contribution in [-0.4, -0.2) is 0 Å². The zero-order chi connectivity index (χ0) is 14.2. The van der Waals surface area contributed by atoms with Crippen LogP contribution in [0.2, 0.25) is 0 Å². The third-order valence-electron chi connectivity index (χ3n) is 4.07. The van der Waals surface area contributed by atoms with E-state index in [0.29, 0.717) is 0 Å². The van der Waals surface area contributed by atoms with Gasteiger partial charge in [0, 0.05) is 6.04 Å². The third-order valence-corrected chi connectivity index (χ3v) is 4.07. The van der Waals surface area contributed by atoms with E-state index in [1.807, 2.05) is 6.92 Å². The van der Waals surface area contributed by atoms with Crippen molar-refractivity contribution in [1.82, 2.24) is 0 Å². The van der Waals surface area contributed by atoms with Gasteiger partial charge < -0.3 is 5.73 Å². The molecule has 2 aromatic rings. The molecule has 0 bridgehead atoms. The fourth-order valence-corrected chi connectivity index (χ4v) is 2.63. The van der Waals surface area contributed by atoms with Crippen LogP contribution in [0.4, 0.5) is 0 Å². The molecule has 0 amide bonds. The van der Waals surface area contributed by atoms with E-state index in [0.717, 1.165) is 0 Å². The number of benzene rings is 2. The van der Waals surface area contributed by atoms with Crippen LogP contribution < -0.4 is 5.73 Å². The highest BCUT2D eigenvalue weighted by molar-refractivity contribution is 5.73. The molecule has 1 heteroatoms. The Kier molecular flexibility index (Phi) is 3.77. The second kappa shape index (κ2) is 5.18. The van der Waals surface area contributed by atoms with E-state index in [1.165, 1.54) is 38.9 Å². The lowest BCUT2D eigenvalue weighted by Gasteiger charge is -2.17. The van der Waals surface area contributed by atoms with Gasteiger partial charge in [-0.2, -0.15) is 0 Å². The molecule has 2 N–H and O–H groups in total. The van der Waals surface area contributed by atoms with Gasteiger partial charge in [0.25, 0.3) is 0 Å². The topological polar surface area (TPSA) is 26.0 Å². The van der Waals surface area contributed by atoms with Crippen molar-refractivity contribution < 1.29 is 0 Å². The van der Waals surface area contributed by atoms with Gasteiger partial charge in [-0.15, -0.1) is 0 Å². The first kappa shape index (κ1) is 13.8. The average molecular weight is 253 g/mol. The van der Waals surface area contributed by atoms with Crippen LogP contribution in [-0.2, 0) is 0 Å². The summed E-state index contributed by atoms with van der Waals surface area (Å²) in [5.74, 6) is 0. The van der Waals surface area contributed by atoms with Crippen LogP contribution in [0.25, 0.3) is 11.1 Å². The van der Waals surface area contributed by atoms with Crippen LogP contribution in [0.3, 0.4) is 0 Å². The Balaban J connectivity index is 2.68. The number of nitrogens with two attached hydrogens (primary N) is 1. The van der Waals surface area contributed by atoms with Crippen LogP contribution in [0.1, 0.15) is 40.8 Å². The monoisotopic (exact) mass is 253 g/mol. The minimum atomic E-state index is 0.0754. The van der Waals surface area contributed by atoms with Crippen LogP contribution in [0.15, 0.2) is 30.3 Å². The molecule has 0 aliphatic carbocycles.